The fourth-order valence-corrected chi connectivity index (χ4v) is 3.90. The maximum absolute atomic E-state index is 12.2. The molecule has 10 heteroatoms. The average Bonchev–Trinajstić information content (AvgIpc) is 2.78. The second-order valence-corrected chi connectivity index (χ2v) is 7.43. The first-order valence-corrected chi connectivity index (χ1v) is 10.0. The Hall–Kier alpha value is -4.05. The molecule has 9 nitrogen and oxygen atoms in total. The van der Waals surface area contributed by atoms with Gasteiger partial charge in [0, 0.05) is 16.5 Å². The van der Waals surface area contributed by atoms with Crippen molar-refractivity contribution in [3.63, 3.8) is 0 Å². The monoisotopic (exact) mass is 432 g/mol. The summed E-state index contributed by atoms with van der Waals surface area (Å²) in [5, 5.41) is 12.8. The second kappa shape index (κ2) is 9.18. The number of benzene rings is 2. The minimum Gasteiger partial charge on any atom is -0.276 e. The van der Waals surface area contributed by atoms with E-state index in [2.05, 4.69) is 25.8 Å². The molecule has 0 aliphatic heterocycles. The van der Waals surface area contributed by atoms with Gasteiger partial charge in [0.25, 0.3) is 0 Å². The number of hydrogen-bond acceptors (Lipinski definition) is 8. The zero-order chi connectivity index (χ0) is 21.6. The van der Waals surface area contributed by atoms with Gasteiger partial charge in [-0.2, -0.15) is 0 Å². The zero-order valence-corrected chi connectivity index (χ0v) is 16.9. The number of hydrazine groups is 1. The lowest BCUT2D eigenvalue weighted by atomic mass is 10.1. The average molecular weight is 432 g/mol. The van der Waals surface area contributed by atoms with Crippen molar-refractivity contribution in [3.05, 3.63) is 88.9 Å². The molecular formula is C21H16N6O3S. The first-order valence-electron chi connectivity index (χ1n) is 9.21. The van der Waals surface area contributed by atoms with Gasteiger partial charge in [-0.3, -0.25) is 30.7 Å². The third-order valence-corrected chi connectivity index (χ3v) is 5.34. The molecule has 4 rings (SSSR count). The predicted octanol–water partition coefficient (Wildman–Crippen LogP) is 3.77. The Bertz CT molecular complexity index is 1250. The number of pyridine rings is 1. The number of nitrogens with one attached hydrogen (secondary N) is 2. The number of amides is 1. The maximum atomic E-state index is 12.2. The van der Waals surface area contributed by atoms with E-state index in [9.17, 15) is 14.9 Å². The van der Waals surface area contributed by atoms with Gasteiger partial charge < -0.3 is 0 Å². The normalized spacial score (nSPS) is 10.6. The number of para-hydroxylation sites is 1. The Kier molecular flexibility index (Phi) is 5.99. The fraction of sp³-hybridized carbons (Fsp3) is 0.0476. The Morgan fingerprint density at radius 2 is 1.81 bits per heavy atom. The van der Waals surface area contributed by atoms with Crippen LogP contribution in [-0.2, 0) is 11.2 Å². The van der Waals surface area contributed by atoms with Crippen molar-refractivity contribution in [2.45, 2.75) is 16.3 Å². The summed E-state index contributed by atoms with van der Waals surface area (Å²) in [6.45, 7) is 0. The molecule has 0 saturated heterocycles. The molecule has 0 saturated carbocycles. The van der Waals surface area contributed by atoms with Crippen molar-refractivity contribution in [1.82, 2.24) is 20.4 Å². The van der Waals surface area contributed by atoms with Gasteiger partial charge in [-0.25, -0.2) is 9.97 Å². The minimum atomic E-state index is -0.577. The number of aromatic nitrogens is 3. The standard InChI is InChI=1S/C21H16N6O3S/c28-17(12-14-6-2-1-3-7-14)25-26-20-19(27(29)30)21(24-13-23-20)31-16-10-4-8-15-9-5-11-22-18(15)16/h1-11,13H,12H2,(H,25,28)(H,23,24,26). The number of fused-ring (bicyclic) bond motifs is 1. The summed E-state index contributed by atoms with van der Waals surface area (Å²) in [7, 11) is 0. The van der Waals surface area contributed by atoms with E-state index in [1.807, 2.05) is 60.7 Å². The largest absolute Gasteiger partial charge is 0.345 e. The quantitative estimate of drug-likeness (QED) is 0.257. The van der Waals surface area contributed by atoms with Gasteiger partial charge >= 0.3 is 5.69 Å². The third kappa shape index (κ3) is 4.75. The van der Waals surface area contributed by atoms with Gasteiger partial charge in [0.15, 0.2) is 5.03 Å². The number of nitro groups is 1. The molecule has 1 amide bonds. The molecule has 0 unspecified atom stereocenters. The lowest BCUT2D eigenvalue weighted by molar-refractivity contribution is -0.387. The molecule has 4 aromatic rings. The smallest absolute Gasteiger partial charge is 0.276 e. The van der Waals surface area contributed by atoms with E-state index in [-0.39, 0.29) is 28.9 Å². The lowest BCUT2D eigenvalue weighted by Gasteiger charge is -2.10. The van der Waals surface area contributed by atoms with Crippen molar-refractivity contribution in [2.75, 3.05) is 5.43 Å². The third-order valence-electron chi connectivity index (χ3n) is 4.30. The molecular weight excluding hydrogens is 416 g/mol. The van der Waals surface area contributed by atoms with E-state index < -0.39 is 4.92 Å². The number of nitrogens with zero attached hydrogens (tertiary/aromatic N) is 4. The van der Waals surface area contributed by atoms with Gasteiger partial charge in [0.2, 0.25) is 11.7 Å². The van der Waals surface area contributed by atoms with Gasteiger partial charge in [-0.15, -0.1) is 0 Å². The van der Waals surface area contributed by atoms with Crippen LogP contribution < -0.4 is 10.9 Å². The number of carbonyl (C=O) groups excluding carboxylic acids is 1. The Balaban J connectivity index is 1.56. The molecule has 2 heterocycles. The molecule has 31 heavy (non-hydrogen) atoms. The Morgan fingerprint density at radius 1 is 1.00 bits per heavy atom. The van der Waals surface area contributed by atoms with Crippen molar-refractivity contribution in [1.29, 1.82) is 0 Å². The topological polar surface area (TPSA) is 123 Å². The SMILES string of the molecule is O=C(Cc1ccccc1)NNc1ncnc(Sc2cccc3cccnc23)c1[N+](=O)[O-]. The molecule has 0 bridgehead atoms. The molecule has 2 aromatic heterocycles. The van der Waals surface area contributed by atoms with E-state index in [0.717, 1.165) is 27.6 Å². The van der Waals surface area contributed by atoms with Crippen LogP contribution in [0.2, 0.25) is 0 Å². The molecule has 0 aliphatic rings. The van der Waals surface area contributed by atoms with Crippen LogP contribution in [0.25, 0.3) is 10.9 Å². The van der Waals surface area contributed by atoms with E-state index >= 15 is 0 Å². The van der Waals surface area contributed by atoms with Crippen LogP contribution in [0.3, 0.4) is 0 Å². The lowest BCUT2D eigenvalue weighted by Crippen LogP contribution is -2.31. The molecule has 154 valence electrons. The highest BCUT2D eigenvalue weighted by Crippen LogP contribution is 2.38. The molecule has 0 atom stereocenters. The van der Waals surface area contributed by atoms with Gasteiger partial charge in [0.1, 0.15) is 6.33 Å². The van der Waals surface area contributed by atoms with Crippen LogP contribution in [0.15, 0.2) is 83.1 Å². The minimum absolute atomic E-state index is 0.0999. The summed E-state index contributed by atoms with van der Waals surface area (Å²) in [6.07, 6.45) is 2.99. The molecule has 0 aliphatic carbocycles. The number of rotatable bonds is 7. The molecule has 2 N–H and O–H groups in total. The van der Waals surface area contributed by atoms with Gasteiger partial charge in [0.05, 0.1) is 16.9 Å². The second-order valence-electron chi connectivity index (χ2n) is 6.40. The predicted molar refractivity (Wildman–Crippen MR) is 116 cm³/mol. The van der Waals surface area contributed by atoms with Crippen LogP contribution in [0.1, 0.15) is 5.56 Å². The summed E-state index contributed by atoms with van der Waals surface area (Å²) in [5.74, 6) is -0.455. The van der Waals surface area contributed by atoms with E-state index in [4.69, 9.17) is 0 Å². The zero-order valence-electron chi connectivity index (χ0n) is 16.1. The first kappa shape index (κ1) is 20.2. The van der Waals surface area contributed by atoms with Crippen molar-refractivity contribution in [2.24, 2.45) is 0 Å². The van der Waals surface area contributed by atoms with Gasteiger partial charge in [-0.05, 0) is 17.7 Å². The van der Waals surface area contributed by atoms with E-state index in [1.165, 1.54) is 6.33 Å². The summed E-state index contributed by atoms with van der Waals surface area (Å²) in [5.41, 5.74) is 6.22. The summed E-state index contributed by atoms with van der Waals surface area (Å²) in [6, 6.07) is 18.5. The molecule has 0 fully saturated rings. The number of hydrogen-bond donors (Lipinski definition) is 2. The highest BCUT2D eigenvalue weighted by atomic mass is 32.2. The number of anilines is 1. The van der Waals surface area contributed by atoms with Crippen LogP contribution in [0.4, 0.5) is 11.5 Å². The van der Waals surface area contributed by atoms with Gasteiger partial charge in [-0.1, -0.05) is 60.3 Å². The van der Waals surface area contributed by atoms with Crippen molar-refractivity contribution in [3.8, 4) is 0 Å². The van der Waals surface area contributed by atoms with Crippen LogP contribution >= 0.6 is 11.8 Å². The maximum Gasteiger partial charge on any atom is 0.345 e. The number of carbonyl (C=O) groups is 1. The van der Waals surface area contributed by atoms with Crippen LogP contribution in [-0.4, -0.2) is 25.8 Å². The molecule has 2 aromatic carbocycles. The summed E-state index contributed by atoms with van der Waals surface area (Å²) in [4.78, 5) is 36.5. The Morgan fingerprint density at radius 3 is 2.61 bits per heavy atom. The van der Waals surface area contributed by atoms with Crippen LogP contribution in [0.5, 0.6) is 0 Å². The van der Waals surface area contributed by atoms with Crippen LogP contribution in [0, 0.1) is 10.1 Å². The fourth-order valence-electron chi connectivity index (χ4n) is 2.91. The summed E-state index contributed by atoms with van der Waals surface area (Å²) >= 11 is 1.12. The molecule has 0 radical (unpaired) electrons. The molecule has 0 spiro atoms. The Labute approximate surface area is 181 Å². The highest BCUT2D eigenvalue weighted by Gasteiger charge is 2.24. The first-order chi connectivity index (χ1) is 15.1. The van der Waals surface area contributed by atoms with E-state index in [1.54, 1.807) is 6.20 Å². The van der Waals surface area contributed by atoms with Crippen molar-refractivity contribution >= 4 is 40.1 Å². The summed E-state index contributed by atoms with van der Waals surface area (Å²) < 4.78 is 0. The van der Waals surface area contributed by atoms with E-state index in [0.29, 0.717) is 5.52 Å². The van der Waals surface area contributed by atoms with Crippen molar-refractivity contribution < 1.29 is 9.72 Å². The highest BCUT2D eigenvalue weighted by molar-refractivity contribution is 7.99.